The Balaban J connectivity index is 2.29. The summed E-state index contributed by atoms with van der Waals surface area (Å²) in [5.41, 5.74) is 0. The van der Waals surface area contributed by atoms with Gasteiger partial charge in [-0.2, -0.15) is 0 Å². The van der Waals surface area contributed by atoms with Crippen LogP contribution in [0.4, 0.5) is 4.79 Å². The first-order valence-electron chi connectivity index (χ1n) is 5.01. The number of hydrogen-bond donors (Lipinski definition) is 3. The van der Waals surface area contributed by atoms with Crippen molar-refractivity contribution in [2.75, 3.05) is 19.7 Å². The number of nitrogens with one attached hydrogen (secondary N) is 1. The molecule has 0 aromatic heterocycles. The number of amides is 2. The minimum Gasteiger partial charge on any atom is -0.465 e. The zero-order chi connectivity index (χ0) is 11.3. The van der Waals surface area contributed by atoms with Gasteiger partial charge in [0.15, 0.2) is 0 Å². The van der Waals surface area contributed by atoms with Gasteiger partial charge in [0, 0.05) is 25.6 Å². The van der Waals surface area contributed by atoms with Crippen molar-refractivity contribution in [2.45, 2.75) is 25.3 Å². The maximum atomic E-state index is 11.4. The molecule has 0 radical (unpaired) electrons. The summed E-state index contributed by atoms with van der Waals surface area (Å²) in [5.74, 6) is -0.0636. The quantitative estimate of drug-likeness (QED) is 0.600. The van der Waals surface area contributed by atoms with E-state index in [2.05, 4.69) is 5.32 Å². The number of piperidine rings is 1. The number of hydrogen-bond acceptors (Lipinski definition) is 3. The molecule has 1 saturated heterocycles. The second-order valence-electron chi connectivity index (χ2n) is 3.58. The van der Waals surface area contributed by atoms with Crippen molar-refractivity contribution in [1.29, 1.82) is 0 Å². The van der Waals surface area contributed by atoms with E-state index in [0.717, 1.165) is 0 Å². The van der Waals surface area contributed by atoms with Gasteiger partial charge in [-0.25, -0.2) is 4.79 Å². The average Bonchev–Trinajstić information content (AvgIpc) is 2.18. The Labute approximate surface area is 87.9 Å². The summed E-state index contributed by atoms with van der Waals surface area (Å²) in [4.78, 5) is 23.4. The second-order valence-corrected chi connectivity index (χ2v) is 3.58. The Kier molecular flexibility index (Phi) is 4.36. The summed E-state index contributed by atoms with van der Waals surface area (Å²) in [7, 11) is 0. The van der Waals surface area contributed by atoms with E-state index in [1.54, 1.807) is 4.90 Å². The van der Waals surface area contributed by atoms with Gasteiger partial charge in [-0.05, 0) is 12.8 Å². The SMILES string of the molecule is O=C(O)NC1CCN(C(=O)CCO)CC1. The first-order chi connectivity index (χ1) is 7.13. The van der Waals surface area contributed by atoms with Crippen molar-refractivity contribution >= 4 is 12.0 Å². The lowest BCUT2D eigenvalue weighted by molar-refractivity contribution is -0.132. The number of carbonyl (C=O) groups is 2. The van der Waals surface area contributed by atoms with E-state index in [0.29, 0.717) is 25.9 Å². The van der Waals surface area contributed by atoms with E-state index in [1.165, 1.54) is 0 Å². The highest BCUT2D eigenvalue weighted by molar-refractivity contribution is 5.76. The van der Waals surface area contributed by atoms with Crippen LogP contribution in [0, 0.1) is 0 Å². The molecule has 1 rings (SSSR count). The molecule has 1 fully saturated rings. The summed E-state index contributed by atoms with van der Waals surface area (Å²) in [6, 6.07) is -0.0549. The van der Waals surface area contributed by atoms with Crippen LogP contribution in [0.25, 0.3) is 0 Å². The Hall–Kier alpha value is -1.30. The average molecular weight is 216 g/mol. The van der Waals surface area contributed by atoms with E-state index in [-0.39, 0.29) is 25.0 Å². The van der Waals surface area contributed by atoms with Crippen molar-refractivity contribution < 1.29 is 19.8 Å². The van der Waals surface area contributed by atoms with Crippen molar-refractivity contribution in [2.24, 2.45) is 0 Å². The van der Waals surface area contributed by atoms with E-state index in [4.69, 9.17) is 10.2 Å². The predicted octanol–water partition coefficient (Wildman–Crippen LogP) is -0.373. The summed E-state index contributed by atoms with van der Waals surface area (Å²) >= 11 is 0. The van der Waals surface area contributed by atoms with Gasteiger partial charge in [-0.15, -0.1) is 0 Å². The van der Waals surface area contributed by atoms with Crippen LogP contribution >= 0.6 is 0 Å². The molecule has 0 spiro atoms. The summed E-state index contributed by atoms with van der Waals surface area (Å²) in [6.07, 6.45) is 0.416. The molecule has 1 aliphatic rings. The first kappa shape index (κ1) is 11.8. The molecule has 15 heavy (non-hydrogen) atoms. The highest BCUT2D eigenvalue weighted by Crippen LogP contribution is 2.11. The minimum atomic E-state index is -1.02. The monoisotopic (exact) mass is 216 g/mol. The molecule has 0 unspecified atom stereocenters. The number of aliphatic hydroxyl groups excluding tert-OH is 1. The van der Waals surface area contributed by atoms with E-state index < -0.39 is 6.09 Å². The molecule has 2 amide bonds. The lowest BCUT2D eigenvalue weighted by Crippen LogP contribution is -2.46. The Morgan fingerprint density at radius 1 is 1.33 bits per heavy atom. The molecule has 0 saturated carbocycles. The number of carbonyl (C=O) groups excluding carboxylic acids is 1. The molecule has 0 aromatic rings. The van der Waals surface area contributed by atoms with Crippen LogP contribution in [-0.4, -0.2) is 52.9 Å². The molecule has 0 bridgehead atoms. The fourth-order valence-corrected chi connectivity index (χ4v) is 1.70. The highest BCUT2D eigenvalue weighted by Gasteiger charge is 2.22. The maximum absolute atomic E-state index is 11.4. The zero-order valence-corrected chi connectivity index (χ0v) is 8.48. The molecular weight excluding hydrogens is 200 g/mol. The molecule has 86 valence electrons. The maximum Gasteiger partial charge on any atom is 0.404 e. The molecule has 1 aliphatic heterocycles. The molecule has 0 aromatic carbocycles. The third-order valence-corrected chi connectivity index (χ3v) is 2.50. The number of rotatable bonds is 3. The molecule has 3 N–H and O–H groups in total. The summed E-state index contributed by atoms with van der Waals surface area (Å²) in [6.45, 7) is 0.986. The van der Waals surface area contributed by atoms with Crippen LogP contribution in [0.3, 0.4) is 0 Å². The van der Waals surface area contributed by atoms with Crippen LogP contribution in [-0.2, 0) is 4.79 Å². The van der Waals surface area contributed by atoms with Crippen LogP contribution in [0.1, 0.15) is 19.3 Å². The van der Waals surface area contributed by atoms with E-state index in [1.807, 2.05) is 0 Å². The van der Waals surface area contributed by atoms with Crippen LogP contribution in [0.2, 0.25) is 0 Å². The van der Waals surface area contributed by atoms with Gasteiger partial charge >= 0.3 is 6.09 Å². The standard InChI is InChI=1S/C9H16N2O4/c12-6-3-8(13)11-4-1-7(2-5-11)10-9(14)15/h7,10,12H,1-6H2,(H,14,15). The van der Waals surface area contributed by atoms with Crippen LogP contribution in [0.5, 0.6) is 0 Å². The van der Waals surface area contributed by atoms with Gasteiger partial charge in [0.1, 0.15) is 0 Å². The predicted molar refractivity (Wildman–Crippen MR) is 52.5 cm³/mol. The Bertz CT molecular complexity index is 236. The van der Waals surface area contributed by atoms with Crippen molar-refractivity contribution in [3.63, 3.8) is 0 Å². The van der Waals surface area contributed by atoms with Gasteiger partial charge in [-0.1, -0.05) is 0 Å². The smallest absolute Gasteiger partial charge is 0.404 e. The summed E-state index contributed by atoms with van der Waals surface area (Å²) < 4.78 is 0. The normalized spacial score (nSPS) is 17.5. The van der Waals surface area contributed by atoms with Gasteiger partial charge in [0.05, 0.1) is 6.61 Å². The fraction of sp³-hybridized carbons (Fsp3) is 0.778. The van der Waals surface area contributed by atoms with Gasteiger partial charge in [0.2, 0.25) is 5.91 Å². The van der Waals surface area contributed by atoms with E-state index >= 15 is 0 Å². The molecule has 0 aliphatic carbocycles. The lowest BCUT2D eigenvalue weighted by atomic mass is 10.1. The van der Waals surface area contributed by atoms with Gasteiger partial charge < -0.3 is 20.4 Å². The molecule has 1 heterocycles. The third kappa shape index (κ3) is 3.75. The molecule has 6 nitrogen and oxygen atoms in total. The van der Waals surface area contributed by atoms with Gasteiger partial charge in [-0.3, -0.25) is 4.79 Å². The molecule has 0 atom stereocenters. The number of aliphatic hydroxyl groups is 1. The number of nitrogens with zero attached hydrogens (tertiary/aromatic N) is 1. The van der Waals surface area contributed by atoms with Gasteiger partial charge in [0.25, 0.3) is 0 Å². The lowest BCUT2D eigenvalue weighted by Gasteiger charge is -2.31. The topological polar surface area (TPSA) is 89.9 Å². The van der Waals surface area contributed by atoms with E-state index in [9.17, 15) is 9.59 Å². The number of carboxylic acid groups (broad SMARTS) is 1. The molecular formula is C9H16N2O4. The van der Waals surface area contributed by atoms with Crippen molar-refractivity contribution in [3.05, 3.63) is 0 Å². The zero-order valence-electron chi connectivity index (χ0n) is 8.48. The molecule has 6 heteroatoms. The van der Waals surface area contributed by atoms with Crippen LogP contribution in [0.15, 0.2) is 0 Å². The first-order valence-corrected chi connectivity index (χ1v) is 5.01. The van der Waals surface area contributed by atoms with Crippen molar-refractivity contribution in [3.8, 4) is 0 Å². The Morgan fingerprint density at radius 3 is 2.40 bits per heavy atom. The van der Waals surface area contributed by atoms with Crippen LogP contribution < -0.4 is 5.32 Å². The van der Waals surface area contributed by atoms with Crippen molar-refractivity contribution in [1.82, 2.24) is 10.2 Å². The minimum absolute atomic E-state index is 0.0549. The highest BCUT2D eigenvalue weighted by atomic mass is 16.4. The number of likely N-dealkylation sites (tertiary alicyclic amines) is 1. The largest absolute Gasteiger partial charge is 0.465 e. The fourth-order valence-electron chi connectivity index (χ4n) is 1.70. The third-order valence-electron chi connectivity index (χ3n) is 2.50. The Morgan fingerprint density at radius 2 is 1.93 bits per heavy atom. The second kappa shape index (κ2) is 5.55. The summed E-state index contributed by atoms with van der Waals surface area (Å²) in [5, 5.41) is 19.5.